The Morgan fingerprint density at radius 2 is 1.72 bits per heavy atom. The highest BCUT2D eigenvalue weighted by Gasteiger charge is 2.39. The lowest BCUT2D eigenvalue weighted by molar-refractivity contribution is -0.140. The number of likely N-dealkylation sites (tertiary alicyclic amines) is 1. The number of aryl methyl sites for hydroxylation is 1. The monoisotopic (exact) mass is 652 g/mol. The first-order chi connectivity index (χ1) is 22.4. The highest BCUT2D eigenvalue weighted by molar-refractivity contribution is 5.91. The molecule has 1 fully saturated rings. The molecule has 47 heavy (non-hydrogen) atoms. The van der Waals surface area contributed by atoms with Crippen molar-refractivity contribution in [3.05, 3.63) is 101 Å². The molecule has 14 heteroatoms. The third kappa shape index (κ3) is 6.14. The van der Waals surface area contributed by atoms with Crippen LogP contribution in [0, 0.1) is 11.6 Å². The molecule has 9 nitrogen and oxygen atoms in total. The van der Waals surface area contributed by atoms with E-state index in [1.165, 1.54) is 22.8 Å². The highest BCUT2D eigenvalue weighted by atomic mass is 19.4. The van der Waals surface area contributed by atoms with E-state index in [4.69, 9.17) is 4.74 Å². The van der Waals surface area contributed by atoms with Crippen LogP contribution in [0.5, 0.6) is 5.75 Å². The van der Waals surface area contributed by atoms with Gasteiger partial charge in [-0.3, -0.25) is 4.90 Å². The Morgan fingerprint density at radius 3 is 2.38 bits per heavy atom. The first kappa shape index (κ1) is 31.7. The van der Waals surface area contributed by atoms with Crippen molar-refractivity contribution in [3.63, 3.8) is 0 Å². The van der Waals surface area contributed by atoms with Crippen LogP contribution in [0.25, 0.3) is 22.3 Å². The summed E-state index contributed by atoms with van der Waals surface area (Å²) in [6, 6.07) is 17.4. The van der Waals surface area contributed by atoms with Gasteiger partial charge in [0.1, 0.15) is 12.3 Å². The number of carboxylic acid groups (broad SMARTS) is 1. The fourth-order valence-corrected chi connectivity index (χ4v) is 5.91. The zero-order valence-electron chi connectivity index (χ0n) is 25.2. The number of piperidine rings is 1. The van der Waals surface area contributed by atoms with Crippen molar-refractivity contribution in [2.75, 3.05) is 18.5 Å². The number of nitrogens with zero attached hydrogens (tertiary/aromatic N) is 6. The average molecular weight is 653 g/mol. The molecule has 1 aliphatic heterocycles. The SMILES string of the molecule is CN(c1ncc2c(-c3cc(C(F)(F)F)c(F)c(OCc4ccccc4)c3F)nn(C)c2n1)C1CCC(c2ccccc2)N(C(=O)O)C1. The van der Waals surface area contributed by atoms with E-state index in [0.717, 1.165) is 5.56 Å². The molecule has 5 aromatic rings. The molecule has 0 aliphatic carbocycles. The summed E-state index contributed by atoms with van der Waals surface area (Å²) >= 11 is 0. The van der Waals surface area contributed by atoms with Crippen molar-refractivity contribution in [3.8, 4) is 17.0 Å². The first-order valence-corrected chi connectivity index (χ1v) is 14.7. The van der Waals surface area contributed by atoms with Crippen molar-refractivity contribution in [1.29, 1.82) is 0 Å². The fourth-order valence-electron chi connectivity index (χ4n) is 5.91. The second kappa shape index (κ2) is 12.5. The molecule has 0 radical (unpaired) electrons. The normalized spacial score (nSPS) is 16.8. The maximum Gasteiger partial charge on any atom is 0.419 e. The van der Waals surface area contributed by atoms with Gasteiger partial charge < -0.3 is 14.7 Å². The van der Waals surface area contributed by atoms with Crippen molar-refractivity contribution >= 4 is 23.1 Å². The smallest absolute Gasteiger partial charge is 0.419 e. The number of halogens is 5. The molecule has 2 unspecified atom stereocenters. The van der Waals surface area contributed by atoms with Crippen LogP contribution in [0.4, 0.5) is 32.7 Å². The topological polar surface area (TPSA) is 96.6 Å². The van der Waals surface area contributed by atoms with Gasteiger partial charge in [-0.1, -0.05) is 60.7 Å². The number of aromatic nitrogens is 4. The van der Waals surface area contributed by atoms with E-state index in [-0.39, 0.29) is 47.9 Å². The van der Waals surface area contributed by atoms with Crippen LogP contribution >= 0.6 is 0 Å². The van der Waals surface area contributed by atoms with Crippen molar-refractivity contribution in [1.82, 2.24) is 24.6 Å². The second-order valence-corrected chi connectivity index (χ2v) is 11.3. The van der Waals surface area contributed by atoms with Gasteiger partial charge in [-0.05, 0) is 30.0 Å². The predicted octanol–water partition coefficient (Wildman–Crippen LogP) is 7.23. The lowest BCUT2D eigenvalue weighted by Gasteiger charge is -2.41. The summed E-state index contributed by atoms with van der Waals surface area (Å²) in [6.07, 6.45) is -3.72. The molecule has 3 heterocycles. The largest absolute Gasteiger partial charge is 0.483 e. The molecule has 1 N–H and O–H groups in total. The lowest BCUT2D eigenvalue weighted by Crippen LogP contribution is -2.50. The molecule has 1 saturated heterocycles. The third-order valence-corrected chi connectivity index (χ3v) is 8.36. The van der Waals surface area contributed by atoms with Gasteiger partial charge in [-0.15, -0.1) is 0 Å². The van der Waals surface area contributed by atoms with Gasteiger partial charge in [0.2, 0.25) is 5.95 Å². The molecule has 1 aliphatic rings. The van der Waals surface area contributed by atoms with Crippen LogP contribution in [-0.2, 0) is 19.8 Å². The van der Waals surface area contributed by atoms with Crippen LogP contribution in [0.15, 0.2) is 72.9 Å². The Bertz CT molecular complexity index is 1920. The number of rotatable bonds is 7. The van der Waals surface area contributed by atoms with Gasteiger partial charge in [0.25, 0.3) is 0 Å². The van der Waals surface area contributed by atoms with Gasteiger partial charge in [-0.2, -0.15) is 23.3 Å². The number of ether oxygens (including phenoxy) is 1. The number of likely N-dealkylation sites (N-methyl/N-ethyl adjacent to an activating group) is 1. The number of amides is 1. The van der Waals surface area contributed by atoms with E-state index in [2.05, 4.69) is 15.1 Å². The minimum atomic E-state index is -5.16. The molecule has 244 valence electrons. The molecule has 6 rings (SSSR count). The summed E-state index contributed by atoms with van der Waals surface area (Å²) in [5.41, 5.74) is -1.00. The number of carbonyl (C=O) groups is 1. The average Bonchev–Trinajstić information content (AvgIpc) is 3.39. The Balaban J connectivity index is 1.33. The van der Waals surface area contributed by atoms with Crippen molar-refractivity contribution in [2.24, 2.45) is 7.05 Å². The Morgan fingerprint density at radius 1 is 1.04 bits per heavy atom. The van der Waals surface area contributed by atoms with E-state index >= 15 is 8.78 Å². The Kier molecular flexibility index (Phi) is 8.43. The molecule has 0 bridgehead atoms. The van der Waals surface area contributed by atoms with Crippen LogP contribution in [0.2, 0.25) is 0 Å². The standard InChI is InChI=1S/C33H29F5N6O3/c1-42(21-13-14-25(44(17-21)32(45)46)20-11-7-4-8-12-20)31-39-16-23-28(41-43(2)30(23)40-31)22-15-24(33(36,37)38)27(35)29(26(22)34)47-18-19-9-5-3-6-10-19/h3-12,15-16,21,25H,13-14,17-18H2,1-2H3,(H,45,46). The maximum absolute atomic E-state index is 15.9. The van der Waals surface area contributed by atoms with Crippen molar-refractivity contribution in [2.45, 2.75) is 37.7 Å². The van der Waals surface area contributed by atoms with Gasteiger partial charge in [-0.25, -0.2) is 23.2 Å². The Labute approximate surface area is 265 Å². The summed E-state index contributed by atoms with van der Waals surface area (Å²) in [5, 5.41) is 14.4. The minimum Gasteiger partial charge on any atom is -0.483 e. The summed E-state index contributed by atoms with van der Waals surface area (Å²) in [6.45, 7) is -0.194. The summed E-state index contributed by atoms with van der Waals surface area (Å²) in [7, 11) is 3.20. The summed E-state index contributed by atoms with van der Waals surface area (Å²) in [4.78, 5) is 24.3. The van der Waals surface area contributed by atoms with E-state index < -0.39 is 40.8 Å². The number of hydrogen-bond acceptors (Lipinski definition) is 6. The van der Waals surface area contributed by atoms with Crippen LogP contribution in [-0.4, -0.2) is 55.5 Å². The quantitative estimate of drug-likeness (QED) is 0.186. The molecule has 2 aromatic heterocycles. The molecular formula is C33H29F5N6O3. The van der Waals surface area contributed by atoms with Crippen molar-refractivity contribution < 1.29 is 36.6 Å². The van der Waals surface area contributed by atoms with E-state index in [0.29, 0.717) is 24.5 Å². The fraction of sp³-hybridized carbons (Fsp3) is 0.273. The maximum atomic E-state index is 15.9. The highest BCUT2D eigenvalue weighted by Crippen LogP contribution is 2.42. The third-order valence-electron chi connectivity index (χ3n) is 8.36. The molecule has 3 aromatic carbocycles. The summed E-state index contributed by atoms with van der Waals surface area (Å²) in [5.74, 6) is -4.18. The van der Waals surface area contributed by atoms with Crippen LogP contribution < -0.4 is 9.64 Å². The van der Waals surface area contributed by atoms with Gasteiger partial charge >= 0.3 is 12.3 Å². The molecule has 2 atom stereocenters. The zero-order valence-corrected chi connectivity index (χ0v) is 25.2. The lowest BCUT2D eigenvalue weighted by atomic mass is 9.92. The van der Waals surface area contributed by atoms with Gasteiger partial charge in [0, 0.05) is 38.4 Å². The molecular weight excluding hydrogens is 623 g/mol. The molecule has 0 spiro atoms. The molecule has 0 saturated carbocycles. The number of alkyl halides is 3. The number of benzene rings is 3. The van der Waals surface area contributed by atoms with Gasteiger partial charge in [0.15, 0.2) is 23.0 Å². The summed E-state index contributed by atoms with van der Waals surface area (Å²) < 4.78 is 79.3. The number of anilines is 1. The van der Waals surface area contributed by atoms with Crippen LogP contribution in [0.1, 0.15) is 35.6 Å². The second-order valence-electron chi connectivity index (χ2n) is 11.3. The number of fused-ring (bicyclic) bond motifs is 1. The Hall–Kier alpha value is -5.27. The van der Waals surface area contributed by atoms with E-state index in [9.17, 15) is 23.1 Å². The van der Waals surface area contributed by atoms with E-state index in [1.54, 1.807) is 42.3 Å². The predicted molar refractivity (Wildman–Crippen MR) is 163 cm³/mol. The van der Waals surface area contributed by atoms with E-state index in [1.807, 2.05) is 30.3 Å². The number of hydrogen-bond donors (Lipinski definition) is 1. The molecule has 1 amide bonds. The zero-order chi connectivity index (χ0) is 33.5. The van der Waals surface area contributed by atoms with Crippen LogP contribution in [0.3, 0.4) is 0 Å². The van der Waals surface area contributed by atoms with Gasteiger partial charge in [0.05, 0.1) is 17.0 Å². The minimum absolute atomic E-state index is 0.122. The first-order valence-electron chi connectivity index (χ1n) is 14.7.